The molecule has 0 spiro atoms. The summed E-state index contributed by atoms with van der Waals surface area (Å²) < 4.78 is 32.9. The van der Waals surface area contributed by atoms with Crippen molar-refractivity contribution in [1.82, 2.24) is 0 Å². The van der Waals surface area contributed by atoms with Gasteiger partial charge in [0, 0.05) is 17.5 Å². The highest BCUT2D eigenvalue weighted by atomic mass is 32.2. The van der Waals surface area contributed by atoms with Gasteiger partial charge >= 0.3 is 0 Å². The largest absolute Gasteiger partial charge is 0.495 e. The number of benzene rings is 2. The van der Waals surface area contributed by atoms with Crippen molar-refractivity contribution in [1.29, 1.82) is 0 Å². The summed E-state index contributed by atoms with van der Waals surface area (Å²) in [7, 11) is -2.63. The maximum absolute atomic E-state index is 12.7. The number of hydrazone groups is 1. The molecule has 2 aromatic rings. The summed E-state index contributed by atoms with van der Waals surface area (Å²) in [6, 6.07) is 10.1. The van der Waals surface area contributed by atoms with Gasteiger partial charge in [0.1, 0.15) is 11.4 Å². The predicted octanol–water partition coefficient (Wildman–Crippen LogP) is 3.31. The van der Waals surface area contributed by atoms with Crippen LogP contribution in [0.25, 0.3) is 0 Å². The van der Waals surface area contributed by atoms with Crippen LogP contribution in [0.5, 0.6) is 5.75 Å². The van der Waals surface area contributed by atoms with Gasteiger partial charge < -0.3 is 4.74 Å². The lowest BCUT2D eigenvalue weighted by molar-refractivity contribution is -0.384. The van der Waals surface area contributed by atoms with E-state index in [9.17, 15) is 18.5 Å². The number of nitro benzene ring substituents is 1. The molecule has 1 saturated heterocycles. The second-order valence-corrected chi connectivity index (χ2v) is 8.62. The molecule has 1 aliphatic rings. The Balaban J connectivity index is 1.89. The van der Waals surface area contributed by atoms with Crippen molar-refractivity contribution in [2.45, 2.75) is 11.3 Å². The maximum atomic E-state index is 12.7. The van der Waals surface area contributed by atoms with E-state index in [4.69, 9.17) is 4.74 Å². The van der Waals surface area contributed by atoms with Crippen molar-refractivity contribution in [3.63, 3.8) is 0 Å². The molecule has 28 heavy (non-hydrogen) atoms. The van der Waals surface area contributed by atoms with E-state index in [0.717, 1.165) is 29.7 Å². The Morgan fingerprint density at radius 1 is 1.21 bits per heavy atom. The van der Waals surface area contributed by atoms with Gasteiger partial charge in [-0.1, -0.05) is 12.1 Å². The molecule has 3 rings (SSSR count). The van der Waals surface area contributed by atoms with E-state index in [2.05, 4.69) is 15.2 Å². The predicted molar refractivity (Wildman–Crippen MR) is 110 cm³/mol. The third kappa shape index (κ3) is 4.54. The molecular weight excluding hydrogens is 404 g/mol. The Morgan fingerprint density at radius 2 is 2.00 bits per heavy atom. The van der Waals surface area contributed by atoms with Crippen LogP contribution in [0.4, 0.5) is 17.1 Å². The molecule has 0 aliphatic carbocycles. The molecule has 1 aliphatic heterocycles. The monoisotopic (exact) mass is 422 g/mol. The minimum atomic E-state index is -4.05. The first-order chi connectivity index (χ1) is 13.4. The highest BCUT2D eigenvalue weighted by Crippen LogP contribution is 2.31. The van der Waals surface area contributed by atoms with Crippen molar-refractivity contribution in [2.24, 2.45) is 5.10 Å². The second-order valence-electron chi connectivity index (χ2n) is 5.83. The Bertz CT molecular complexity index is 1020. The maximum Gasteiger partial charge on any atom is 0.295 e. The molecule has 2 aromatic carbocycles. The first-order valence-corrected chi connectivity index (χ1v) is 10.9. The smallest absolute Gasteiger partial charge is 0.295 e. The Morgan fingerprint density at radius 3 is 2.68 bits per heavy atom. The van der Waals surface area contributed by atoms with Crippen molar-refractivity contribution < 1.29 is 18.1 Å². The highest BCUT2D eigenvalue weighted by molar-refractivity contribution is 8.00. The van der Waals surface area contributed by atoms with Gasteiger partial charge in [0.2, 0.25) is 0 Å². The van der Waals surface area contributed by atoms with Crippen LogP contribution in [0.2, 0.25) is 0 Å². The van der Waals surface area contributed by atoms with Crippen LogP contribution < -0.4 is 14.9 Å². The van der Waals surface area contributed by atoms with Gasteiger partial charge in [-0.2, -0.15) is 16.9 Å². The molecule has 0 unspecified atom stereocenters. The lowest BCUT2D eigenvalue weighted by atomic mass is 10.3. The molecule has 148 valence electrons. The van der Waals surface area contributed by atoms with E-state index >= 15 is 0 Å². The summed E-state index contributed by atoms with van der Waals surface area (Å²) in [5, 5.41) is 15.6. The number of hydrogen-bond acceptors (Lipinski definition) is 8. The number of thioether (sulfide) groups is 1. The van der Waals surface area contributed by atoms with E-state index in [1.807, 2.05) is 0 Å². The SMILES string of the molecule is COc1ccccc1NS(=O)(=O)c1ccc(N/N=C2\CCSC2)c([N+](=O)[O-])c1. The first kappa shape index (κ1) is 20.0. The minimum absolute atomic E-state index is 0.130. The summed E-state index contributed by atoms with van der Waals surface area (Å²) in [6.07, 6.45) is 0.820. The molecule has 0 bridgehead atoms. The van der Waals surface area contributed by atoms with E-state index in [1.54, 1.807) is 30.0 Å². The average molecular weight is 422 g/mol. The van der Waals surface area contributed by atoms with Gasteiger partial charge in [0.25, 0.3) is 15.7 Å². The van der Waals surface area contributed by atoms with Gasteiger partial charge in [0.15, 0.2) is 0 Å². The number of sulfonamides is 1. The van der Waals surface area contributed by atoms with Crippen LogP contribution >= 0.6 is 11.8 Å². The lowest BCUT2D eigenvalue weighted by Gasteiger charge is -2.12. The summed E-state index contributed by atoms with van der Waals surface area (Å²) in [5.74, 6) is 2.08. The molecule has 0 radical (unpaired) electrons. The van der Waals surface area contributed by atoms with E-state index in [1.165, 1.54) is 25.3 Å². The van der Waals surface area contributed by atoms with E-state index in [-0.39, 0.29) is 22.0 Å². The third-order valence-corrected chi connectivity index (χ3v) is 6.36. The third-order valence-electron chi connectivity index (χ3n) is 3.97. The zero-order valence-electron chi connectivity index (χ0n) is 14.9. The number of ether oxygens (including phenoxy) is 1. The van der Waals surface area contributed by atoms with Gasteiger partial charge in [-0.3, -0.25) is 20.3 Å². The zero-order valence-corrected chi connectivity index (χ0v) is 16.5. The Kier molecular flexibility index (Phi) is 6.05. The molecule has 2 N–H and O–H groups in total. The number of anilines is 2. The fraction of sp³-hybridized carbons (Fsp3) is 0.235. The number of nitrogens with one attached hydrogen (secondary N) is 2. The minimum Gasteiger partial charge on any atom is -0.495 e. The number of nitro groups is 1. The van der Waals surface area contributed by atoms with Crippen LogP contribution in [0.15, 0.2) is 52.5 Å². The van der Waals surface area contributed by atoms with Crippen molar-refractivity contribution in [3.8, 4) is 5.75 Å². The van der Waals surface area contributed by atoms with Gasteiger partial charge in [-0.15, -0.1) is 0 Å². The van der Waals surface area contributed by atoms with Gasteiger partial charge in [-0.05, 0) is 36.4 Å². The molecule has 0 saturated carbocycles. The van der Waals surface area contributed by atoms with Crippen LogP contribution in [-0.4, -0.2) is 37.7 Å². The standard InChI is InChI=1S/C17H18N4O5S2/c1-26-17-5-3-2-4-15(17)20-28(24,25)13-6-7-14(16(10-13)21(22)23)19-18-12-8-9-27-11-12/h2-7,10,19-20H,8-9,11H2,1H3/b18-12+. The molecule has 0 atom stereocenters. The Labute approximate surface area is 166 Å². The lowest BCUT2D eigenvalue weighted by Crippen LogP contribution is -2.14. The summed E-state index contributed by atoms with van der Waals surface area (Å²) in [5.41, 5.74) is 3.58. The topological polar surface area (TPSA) is 123 Å². The fourth-order valence-corrected chi connectivity index (χ4v) is 4.60. The van der Waals surface area contributed by atoms with Crippen molar-refractivity contribution >= 4 is 44.6 Å². The molecule has 11 heteroatoms. The number of rotatable bonds is 7. The van der Waals surface area contributed by atoms with Crippen LogP contribution in [0.1, 0.15) is 6.42 Å². The quantitative estimate of drug-likeness (QED) is 0.518. The molecule has 0 aromatic heterocycles. The molecule has 1 fully saturated rings. The number of para-hydroxylation sites is 2. The van der Waals surface area contributed by atoms with Crippen LogP contribution in [-0.2, 0) is 10.0 Å². The summed E-state index contributed by atoms with van der Waals surface area (Å²) in [4.78, 5) is 10.6. The molecule has 0 amide bonds. The number of methoxy groups -OCH3 is 1. The fourth-order valence-electron chi connectivity index (χ4n) is 2.54. The normalized spacial score (nSPS) is 15.4. The zero-order chi connectivity index (χ0) is 20.1. The van der Waals surface area contributed by atoms with Gasteiger partial charge in [-0.25, -0.2) is 8.42 Å². The average Bonchev–Trinajstić information content (AvgIpc) is 3.20. The van der Waals surface area contributed by atoms with Crippen molar-refractivity contribution in [2.75, 3.05) is 28.8 Å². The number of nitrogens with zero attached hydrogens (tertiary/aromatic N) is 2. The second kappa shape index (κ2) is 8.48. The first-order valence-electron chi connectivity index (χ1n) is 8.24. The van der Waals surface area contributed by atoms with Crippen LogP contribution in [0.3, 0.4) is 0 Å². The van der Waals surface area contributed by atoms with Crippen LogP contribution in [0, 0.1) is 10.1 Å². The molecule has 9 nitrogen and oxygen atoms in total. The van der Waals surface area contributed by atoms with E-state index < -0.39 is 14.9 Å². The Hall–Kier alpha value is -2.79. The highest BCUT2D eigenvalue weighted by Gasteiger charge is 2.22. The number of hydrogen-bond donors (Lipinski definition) is 2. The van der Waals surface area contributed by atoms with Crippen molar-refractivity contribution in [3.05, 3.63) is 52.6 Å². The van der Waals surface area contributed by atoms with E-state index in [0.29, 0.717) is 5.75 Å². The molecule has 1 heterocycles. The summed E-state index contributed by atoms with van der Waals surface area (Å²) >= 11 is 1.74. The van der Waals surface area contributed by atoms with Gasteiger partial charge in [0.05, 0.1) is 22.6 Å². The summed E-state index contributed by atoms with van der Waals surface area (Å²) in [6.45, 7) is 0. The molecular formula is C17H18N4O5S2.